The number of piperidine rings is 1. The second-order valence-electron chi connectivity index (χ2n) is 6.84. The predicted octanol–water partition coefficient (Wildman–Crippen LogP) is 2.75. The van der Waals surface area contributed by atoms with Gasteiger partial charge in [-0.15, -0.1) is 0 Å². The first kappa shape index (κ1) is 18.9. The molecule has 144 valence electrons. The third-order valence-corrected chi connectivity index (χ3v) is 4.82. The first-order valence-corrected chi connectivity index (χ1v) is 9.31. The SMILES string of the molecule is CCOC(=O)N1CCC(NC(=O)c2cc(-c3ccc(C)cc3)n(C)n2)CC1. The number of nitrogens with one attached hydrogen (secondary N) is 1. The van der Waals surface area contributed by atoms with Gasteiger partial charge in [0.25, 0.3) is 5.91 Å². The van der Waals surface area contributed by atoms with Crippen molar-refractivity contribution in [3.8, 4) is 11.3 Å². The van der Waals surface area contributed by atoms with Gasteiger partial charge in [0.05, 0.1) is 12.3 Å². The number of hydrogen-bond acceptors (Lipinski definition) is 4. The molecule has 2 aromatic rings. The van der Waals surface area contributed by atoms with E-state index < -0.39 is 0 Å². The van der Waals surface area contributed by atoms with Crippen LogP contribution in [0.25, 0.3) is 11.3 Å². The summed E-state index contributed by atoms with van der Waals surface area (Å²) >= 11 is 0. The van der Waals surface area contributed by atoms with Gasteiger partial charge in [-0.3, -0.25) is 9.48 Å². The zero-order valence-electron chi connectivity index (χ0n) is 16.1. The van der Waals surface area contributed by atoms with Crippen molar-refractivity contribution in [3.63, 3.8) is 0 Å². The summed E-state index contributed by atoms with van der Waals surface area (Å²) in [6.45, 7) is 5.38. The Morgan fingerprint density at radius 2 is 1.89 bits per heavy atom. The number of likely N-dealkylation sites (tertiary alicyclic amines) is 1. The summed E-state index contributed by atoms with van der Waals surface area (Å²) in [5.41, 5.74) is 3.52. The number of benzene rings is 1. The predicted molar refractivity (Wildman–Crippen MR) is 102 cm³/mol. The van der Waals surface area contributed by atoms with Crippen molar-refractivity contribution >= 4 is 12.0 Å². The van der Waals surface area contributed by atoms with Crippen LogP contribution in [-0.2, 0) is 11.8 Å². The molecule has 27 heavy (non-hydrogen) atoms. The van der Waals surface area contributed by atoms with Crippen molar-refractivity contribution in [1.29, 1.82) is 0 Å². The normalized spacial score (nSPS) is 14.9. The third-order valence-electron chi connectivity index (χ3n) is 4.82. The van der Waals surface area contributed by atoms with Crippen LogP contribution in [-0.4, -0.2) is 52.4 Å². The number of nitrogens with zero attached hydrogens (tertiary/aromatic N) is 3. The number of hydrogen-bond donors (Lipinski definition) is 1. The molecule has 0 spiro atoms. The van der Waals surface area contributed by atoms with Gasteiger partial charge in [0.1, 0.15) is 0 Å². The molecule has 0 saturated carbocycles. The first-order chi connectivity index (χ1) is 13.0. The van der Waals surface area contributed by atoms with Gasteiger partial charge in [-0.2, -0.15) is 5.10 Å². The Balaban J connectivity index is 1.60. The molecular formula is C20H26N4O3. The monoisotopic (exact) mass is 370 g/mol. The Hall–Kier alpha value is -2.83. The smallest absolute Gasteiger partial charge is 0.409 e. The number of aryl methyl sites for hydroxylation is 2. The fourth-order valence-electron chi connectivity index (χ4n) is 3.25. The fraction of sp³-hybridized carbons (Fsp3) is 0.450. The number of carbonyl (C=O) groups is 2. The van der Waals surface area contributed by atoms with E-state index in [2.05, 4.69) is 10.4 Å². The van der Waals surface area contributed by atoms with Crippen LogP contribution >= 0.6 is 0 Å². The molecular weight excluding hydrogens is 344 g/mol. The van der Waals surface area contributed by atoms with E-state index in [9.17, 15) is 9.59 Å². The highest BCUT2D eigenvalue weighted by Gasteiger charge is 2.25. The number of carbonyl (C=O) groups excluding carboxylic acids is 2. The molecule has 1 aliphatic rings. The van der Waals surface area contributed by atoms with Crippen LogP contribution in [0.15, 0.2) is 30.3 Å². The van der Waals surface area contributed by atoms with Crippen LogP contribution in [0.1, 0.15) is 35.8 Å². The molecule has 0 atom stereocenters. The zero-order chi connectivity index (χ0) is 19.4. The van der Waals surface area contributed by atoms with E-state index in [0.29, 0.717) is 38.2 Å². The Morgan fingerprint density at radius 3 is 2.52 bits per heavy atom. The van der Waals surface area contributed by atoms with E-state index in [0.717, 1.165) is 11.3 Å². The molecule has 0 bridgehead atoms. The quantitative estimate of drug-likeness (QED) is 0.898. The molecule has 0 unspecified atom stereocenters. The molecule has 1 aromatic heterocycles. The Bertz CT molecular complexity index is 805. The van der Waals surface area contributed by atoms with E-state index in [4.69, 9.17) is 4.74 Å². The standard InChI is InChI=1S/C20H26N4O3/c1-4-27-20(26)24-11-9-16(10-12-24)21-19(25)17-13-18(23(3)22-17)15-7-5-14(2)6-8-15/h5-8,13,16H,4,9-12H2,1-3H3,(H,21,25). The molecule has 1 N–H and O–H groups in total. The molecule has 7 heteroatoms. The highest BCUT2D eigenvalue weighted by atomic mass is 16.6. The maximum atomic E-state index is 12.6. The molecule has 1 aliphatic heterocycles. The number of rotatable bonds is 4. The highest BCUT2D eigenvalue weighted by molar-refractivity contribution is 5.93. The Morgan fingerprint density at radius 1 is 1.22 bits per heavy atom. The van der Waals surface area contributed by atoms with E-state index in [1.807, 2.05) is 44.3 Å². The summed E-state index contributed by atoms with van der Waals surface area (Å²) in [5, 5.41) is 7.40. The van der Waals surface area contributed by atoms with Gasteiger partial charge in [-0.25, -0.2) is 4.79 Å². The Kier molecular flexibility index (Phi) is 5.78. The molecule has 0 radical (unpaired) electrons. The van der Waals surface area contributed by atoms with E-state index in [1.165, 1.54) is 5.56 Å². The summed E-state index contributed by atoms with van der Waals surface area (Å²) in [7, 11) is 1.84. The van der Waals surface area contributed by atoms with Crippen molar-refractivity contribution in [2.24, 2.45) is 7.05 Å². The zero-order valence-corrected chi connectivity index (χ0v) is 16.1. The highest BCUT2D eigenvalue weighted by Crippen LogP contribution is 2.21. The summed E-state index contributed by atoms with van der Waals surface area (Å²) in [5.74, 6) is -0.182. The summed E-state index contributed by atoms with van der Waals surface area (Å²) in [6.07, 6.45) is 1.14. The summed E-state index contributed by atoms with van der Waals surface area (Å²) in [4.78, 5) is 26.0. The lowest BCUT2D eigenvalue weighted by molar-refractivity contribution is 0.0856. The molecule has 1 saturated heterocycles. The molecule has 2 heterocycles. The van der Waals surface area contributed by atoms with Crippen LogP contribution in [0.5, 0.6) is 0 Å². The van der Waals surface area contributed by atoms with Gasteiger partial charge in [0, 0.05) is 26.2 Å². The molecule has 2 amide bonds. The Labute approximate surface area is 159 Å². The van der Waals surface area contributed by atoms with Gasteiger partial charge in [0.15, 0.2) is 5.69 Å². The molecule has 1 fully saturated rings. The van der Waals surface area contributed by atoms with Crippen LogP contribution in [0.2, 0.25) is 0 Å². The van der Waals surface area contributed by atoms with Gasteiger partial charge in [0.2, 0.25) is 0 Å². The van der Waals surface area contributed by atoms with Crippen LogP contribution in [0, 0.1) is 6.92 Å². The summed E-state index contributed by atoms with van der Waals surface area (Å²) in [6, 6.07) is 9.98. The van der Waals surface area contributed by atoms with Crippen molar-refractivity contribution in [2.75, 3.05) is 19.7 Å². The number of amides is 2. The molecule has 1 aromatic carbocycles. The van der Waals surface area contributed by atoms with Gasteiger partial charge in [-0.05, 0) is 38.3 Å². The average Bonchev–Trinajstić information content (AvgIpc) is 3.05. The van der Waals surface area contributed by atoms with Crippen molar-refractivity contribution < 1.29 is 14.3 Å². The van der Waals surface area contributed by atoms with Crippen LogP contribution in [0.4, 0.5) is 4.79 Å². The van der Waals surface area contributed by atoms with Crippen molar-refractivity contribution in [1.82, 2.24) is 20.0 Å². The maximum Gasteiger partial charge on any atom is 0.409 e. The fourth-order valence-corrected chi connectivity index (χ4v) is 3.25. The lowest BCUT2D eigenvalue weighted by Gasteiger charge is -2.31. The topological polar surface area (TPSA) is 76.5 Å². The van der Waals surface area contributed by atoms with E-state index >= 15 is 0 Å². The third kappa shape index (κ3) is 4.48. The first-order valence-electron chi connectivity index (χ1n) is 9.31. The van der Waals surface area contributed by atoms with Crippen LogP contribution in [0.3, 0.4) is 0 Å². The second kappa shape index (κ2) is 8.24. The number of ether oxygens (including phenoxy) is 1. The summed E-state index contributed by atoms with van der Waals surface area (Å²) < 4.78 is 6.74. The molecule has 7 nitrogen and oxygen atoms in total. The molecule has 0 aliphatic carbocycles. The minimum Gasteiger partial charge on any atom is -0.450 e. The van der Waals surface area contributed by atoms with Crippen molar-refractivity contribution in [3.05, 3.63) is 41.6 Å². The lowest BCUT2D eigenvalue weighted by atomic mass is 10.1. The van der Waals surface area contributed by atoms with Gasteiger partial charge < -0.3 is 15.0 Å². The minimum absolute atomic E-state index is 0.0352. The maximum absolute atomic E-state index is 12.6. The lowest BCUT2D eigenvalue weighted by Crippen LogP contribution is -2.46. The minimum atomic E-state index is -0.283. The van der Waals surface area contributed by atoms with E-state index in [-0.39, 0.29) is 18.0 Å². The van der Waals surface area contributed by atoms with Crippen molar-refractivity contribution in [2.45, 2.75) is 32.7 Å². The average molecular weight is 370 g/mol. The van der Waals surface area contributed by atoms with Gasteiger partial charge in [-0.1, -0.05) is 29.8 Å². The second-order valence-corrected chi connectivity index (χ2v) is 6.84. The number of aromatic nitrogens is 2. The van der Waals surface area contributed by atoms with Crippen LogP contribution < -0.4 is 5.32 Å². The molecule has 3 rings (SSSR count). The van der Waals surface area contributed by atoms with Gasteiger partial charge >= 0.3 is 6.09 Å². The van der Waals surface area contributed by atoms with E-state index in [1.54, 1.807) is 16.5 Å². The largest absolute Gasteiger partial charge is 0.450 e.